The molecule has 3 aliphatic rings. The summed E-state index contributed by atoms with van der Waals surface area (Å²) >= 11 is 0. The SMILES string of the molecule is CC1CCC(Cn2c(N3CCCC(C)C3c3ccccc3)nc3nc(C(=O)O)nc(NC(C)C4CCC4)c32)CC1. The number of carboxylic acids is 1. The molecule has 1 saturated heterocycles. The normalized spacial score (nSPS) is 26.4. The van der Waals surface area contributed by atoms with E-state index in [-0.39, 0.29) is 17.9 Å². The number of aromatic nitrogens is 4. The summed E-state index contributed by atoms with van der Waals surface area (Å²) in [4.78, 5) is 28.8. The zero-order valence-corrected chi connectivity index (χ0v) is 24.2. The Morgan fingerprint density at radius 3 is 2.42 bits per heavy atom. The lowest BCUT2D eigenvalue weighted by Gasteiger charge is -2.41. The van der Waals surface area contributed by atoms with Crippen molar-refractivity contribution in [2.45, 2.75) is 97.2 Å². The van der Waals surface area contributed by atoms with Crippen molar-refractivity contribution in [2.75, 3.05) is 16.8 Å². The van der Waals surface area contributed by atoms with E-state index < -0.39 is 5.97 Å². The minimum absolute atomic E-state index is 0.190. The number of hydrogen-bond donors (Lipinski definition) is 2. The molecule has 3 atom stereocenters. The molecule has 2 aromatic heterocycles. The number of benzene rings is 1. The van der Waals surface area contributed by atoms with Crippen molar-refractivity contribution in [2.24, 2.45) is 23.7 Å². The summed E-state index contributed by atoms with van der Waals surface area (Å²) in [5, 5.41) is 13.5. The standard InChI is InChI=1S/C32H44N6O2/c1-20-14-16-23(17-15-20)19-38-27-28(33-22(3)24-12-7-13-24)34-30(31(39)40)35-29(27)36-32(38)37-18-8-9-21(2)26(37)25-10-5-4-6-11-25/h4-6,10-11,20-24,26H,7-9,12-19H2,1-3H3,(H,39,40)(H,33,34,35). The van der Waals surface area contributed by atoms with Crippen LogP contribution >= 0.6 is 0 Å². The van der Waals surface area contributed by atoms with E-state index in [1.54, 1.807) is 0 Å². The molecule has 214 valence electrons. The average molecular weight is 545 g/mol. The lowest BCUT2D eigenvalue weighted by molar-refractivity contribution is 0.0684. The van der Waals surface area contributed by atoms with Crippen LogP contribution in [0, 0.1) is 23.7 Å². The highest BCUT2D eigenvalue weighted by Gasteiger charge is 2.35. The second-order valence-electron chi connectivity index (χ2n) is 12.8. The van der Waals surface area contributed by atoms with E-state index >= 15 is 0 Å². The van der Waals surface area contributed by atoms with Crippen LogP contribution in [-0.2, 0) is 6.54 Å². The predicted molar refractivity (Wildman–Crippen MR) is 159 cm³/mol. The van der Waals surface area contributed by atoms with Crippen LogP contribution in [0.2, 0.25) is 0 Å². The second kappa shape index (κ2) is 11.4. The minimum atomic E-state index is -1.12. The summed E-state index contributed by atoms with van der Waals surface area (Å²) in [6.45, 7) is 8.66. The Bertz CT molecular complexity index is 1330. The van der Waals surface area contributed by atoms with Crippen molar-refractivity contribution in [1.29, 1.82) is 0 Å². The van der Waals surface area contributed by atoms with Crippen molar-refractivity contribution < 1.29 is 9.90 Å². The lowest BCUT2D eigenvalue weighted by atomic mass is 9.80. The highest BCUT2D eigenvalue weighted by molar-refractivity contribution is 5.91. The van der Waals surface area contributed by atoms with E-state index in [1.165, 1.54) is 56.9 Å². The lowest BCUT2D eigenvalue weighted by Crippen LogP contribution is -2.40. The third kappa shape index (κ3) is 5.29. The molecule has 1 aliphatic heterocycles. The van der Waals surface area contributed by atoms with Gasteiger partial charge in [0.2, 0.25) is 11.8 Å². The molecule has 2 aliphatic carbocycles. The fraction of sp³-hybridized carbons (Fsp3) is 0.625. The largest absolute Gasteiger partial charge is 0.475 e. The summed E-state index contributed by atoms with van der Waals surface area (Å²) in [6, 6.07) is 11.2. The maximum absolute atomic E-state index is 12.1. The van der Waals surface area contributed by atoms with E-state index in [9.17, 15) is 9.90 Å². The number of anilines is 2. The van der Waals surface area contributed by atoms with E-state index in [0.29, 0.717) is 29.2 Å². The fourth-order valence-corrected chi connectivity index (χ4v) is 7.23. The van der Waals surface area contributed by atoms with Crippen LogP contribution in [0.3, 0.4) is 0 Å². The average Bonchev–Trinajstić information content (AvgIpc) is 3.27. The molecule has 0 radical (unpaired) electrons. The first kappa shape index (κ1) is 27.0. The Labute approximate surface area is 237 Å². The van der Waals surface area contributed by atoms with Gasteiger partial charge in [0, 0.05) is 19.1 Å². The van der Waals surface area contributed by atoms with Gasteiger partial charge < -0.3 is 19.9 Å². The molecule has 0 amide bonds. The number of aromatic carboxylic acids is 1. The van der Waals surface area contributed by atoms with Crippen molar-refractivity contribution in [1.82, 2.24) is 19.5 Å². The maximum atomic E-state index is 12.1. The van der Waals surface area contributed by atoms with Crippen LogP contribution in [0.25, 0.3) is 11.2 Å². The van der Waals surface area contributed by atoms with Gasteiger partial charge in [-0.05, 0) is 74.7 Å². The number of imidazole rings is 1. The Morgan fingerprint density at radius 1 is 1.00 bits per heavy atom. The zero-order chi connectivity index (χ0) is 27.8. The summed E-state index contributed by atoms with van der Waals surface area (Å²) < 4.78 is 2.35. The Kier molecular flexibility index (Phi) is 7.69. The molecule has 2 saturated carbocycles. The first-order valence-corrected chi connectivity index (χ1v) is 15.5. The molecule has 3 unspecified atom stereocenters. The van der Waals surface area contributed by atoms with Crippen molar-refractivity contribution >= 4 is 28.9 Å². The van der Waals surface area contributed by atoms with Crippen LogP contribution in [0.4, 0.5) is 11.8 Å². The molecule has 0 spiro atoms. The molecule has 3 heterocycles. The zero-order valence-electron chi connectivity index (χ0n) is 24.2. The Hall–Kier alpha value is -3.16. The highest BCUT2D eigenvalue weighted by atomic mass is 16.4. The van der Waals surface area contributed by atoms with Crippen molar-refractivity contribution in [3.05, 3.63) is 41.7 Å². The molecule has 8 nitrogen and oxygen atoms in total. The van der Waals surface area contributed by atoms with Crippen LogP contribution in [0.5, 0.6) is 0 Å². The molecule has 1 aromatic carbocycles. The first-order valence-electron chi connectivity index (χ1n) is 15.5. The molecule has 3 aromatic rings. The number of fused-ring (bicyclic) bond motifs is 1. The van der Waals surface area contributed by atoms with Crippen molar-refractivity contribution in [3.8, 4) is 0 Å². The van der Waals surface area contributed by atoms with Gasteiger partial charge in [0.25, 0.3) is 0 Å². The van der Waals surface area contributed by atoms with Gasteiger partial charge in [-0.1, -0.05) is 63.4 Å². The summed E-state index contributed by atoms with van der Waals surface area (Å²) in [6.07, 6.45) is 10.8. The van der Waals surface area contributed by atoms with Gasteiger partial charge in [-0.15, -0.1) is 0 Å². The van der Waals surface area contributed by atoms with Gasteiger partial charge in [-0.3, -0.25) is 0 Å². The Morgan fingerprint density at radius 2 is 1.75 bits per heavy atom. The molecule has 3 fully saturated rings. The van der Waals surface area contributed by atoms with Crippen LogP contribution < -0.4 is 10.2 Å². The number of carboxylic acid groups (broad SMARTS) is 1. The van der Waals surface area contributed by atoms with E-state index in [1.807, 2.05) is 0 Å². The summed E-state index contributed by atoms with van der Waals surface area (Å²) in [7, 11) is 0. The van der Waals surface area contributed by atoms with Gasteiger partial charge >= 0.3 is 5.97 Å². The van der Waals surface area contributed by atoms with Gasteiger partial charge in [0.05, 0.1) is 6.04 Å². The van der Waals surface area contributed by atoms with Gasteiger partial charge in [-0.25, -0.2) is 14.8 Å². The Balaban J connectivity index is 1.49. The predicted octanol–water partition coefficient (Wildman–Crippen LogP) is 6.93. The number of carbonyl (C=O) groups is 1. The maximum Gasteiger partial charge on any atom is 0.374 e. The van der Waals surface area contributed by atoms with Crippen molar-refractivity contribution in [3.63, 3.8) is 0 Å². The highest BCUT2D eigenvalue weighted by Crippen LogP contribution is 2.42. The third-order valence-corrected chi connectivity index (χ3v) is 9.90. The second-order valence-corrected chi connectivity index (χ2v) is 12.8. The number of nitrogens with one attached hydrogen (secondary N) is 1. The van der Waals surface area contributed by atoms with Gasteiger partial charge in [0.15, 0.2) is 11.5 Å². The molecule has 40 heavy (non-hydrogen) atoms. The van der Waals surface area contributed by atoms with Gasteiger partial charge in [-0.2, -0.15) is 4.98 Å². The van der Waals surface area contributed by atoms with Crippen LogP contribution in [0.1, 0.15) is 101 Å². The van der Waals surface area contributed by atoms with Gasteiger partial charge in [0.1, 0.15) is 5.52 Å². The summed E-state index contributed by atoms with van der Waals surface area (Å²) in [5.41, 5.74) is 2.64. The molecule has 6 rings (SSSR count). The van der Waals surface area contributed by atoms with E-state index in [0.717, 1.165) is 36.9 Å². The molecular weight excluding hydrogens is 500 g/mol. The monoisotopic (exact) mass is 544 g/mol. The fourth-order valence-electron chi connectivity index (χ4n) is 7.23. The molecule has 0 bridgehead atoms. The van der Waals surface area contributed by atoms with Crippen LogP contribution in [-0.4, -0.2) is 43.2 Å². The quantitative estimate of drug-likeness (QED) is 0.317. The smallest absolute Gasteiger partial charge is 0.374 e. The first-order chi connectivity index (χ1) is 19.4. The number of piperidine rings is 1. The van der Waals surface area contributed by atoms with Crippen LogP contribution in [0.15, 0.2) is 30.3 Å². The minimum Gasteiger partial charge on any atom is -0.475 e. The molecule has 2 N–H and O–H groups in total. The molecule has 8 heteroatoms. The number of hydrogen-bond acceptors (Lipinski definition) is 6. The van der Waals surface area contributed by atoms with E-state index in [4.69, 9.17) is 4.98 Å². The topological polar surface area (TPSA) is 96.2 Å². The number of rotatable bonds is 8. The summed E-state index contributed by atoms with van der Waals surface area (Å²) in [5.74, 6) is 2.61. The number of nitrogens with zero attached hydrogens (tertiary/aromatic N) is 5. The third-order valence-electron chi connectivity index (χ3n) is 9.90. The van der Waals surface area contributed by atoms with E-state index in [2.05, 4.69) is 75.9 Å². The molecular formula is C32H44N6O2.